The molecule has 0 spiro atoms. The Morgan fingerprint density at radius 2 is 2.26 bits per heavy atom. The summed E-state index contributed by atoms with van der Waals surface area (Å²) in [4.78, 5) is 14.3. The monoisotopic (exact) mass is 253 g/mol. The molecule has 1 N–H and O–H groups in total. The van der Waals surface area contributed by atoms with Crippen LogP contribution in [0.25, 0.3) is 10.9 Å². The minimum absolute atomic E-state index is 0.657. The fourth-order valence-corrected chi connectivity index (χ4v) is 2.41. The van der Waals surface area contributed by atoms with Crippen molar-refractivity contribution in [2.75, 3.05) is 0 Å². The second kappa shape index (κ2) is 4.39. The van der Waals surface area contributed by atoms with Crippen molar-refractivity contribution < 1.29 is 4.79 Å². The first-order chi connectivity index (χ1) is 9.17. The molecule has 0 saturated heterocycles. The number of carbonyl (C=O) groups excluding carboxylic acids is 1. The van der Waals surface area contributed by atoms with Crippen LogP contribution < -0.4 is 0 Å². The van der Waals surface area contributed by atoms with Gasteiger partial charge < -0.3 is 4.98 Å². The number of aryl methyl sites for hydroxylation is 2. The van der Waals surface area contributed by atoms with Gasteiger partial charge in [0.25, 0.3) is 0 Å². The Balaban J connectivity index is 2.05. The average molecular weight is 253 g/mol. The highest BCUT2D eigenvalue weighted by Gasteiger charge is 2.11. The predicted molar refractivity (Wildman–Crippen MR) is 74.4 cm³/mol. The van der Waals surface area contributed by atoms with E-state index in [1.807, 2.05) is 13.2 Å². The van der Waals surface area contributed by atoms with Crippen molar-refractivity contribution in [2.45, 2.75) is 13.3 Å². The minimum Gasteiger partial charge on any atom is -0.361 e. The molecule has 0 atom stereocenters. The van der Waals surface area contributed by atoms with E-state index in [9.17, 15) is 4.79 Å². The summed E-state index contributed by atoms with van der Waals surface area (Å²) in [6.45, 7) is 2.08. The number of nitrogens with zero attached hydrogens (tertiary/aromatic N) is 2. The lowest BCUT2D eigenvalue weighted by Crippen LogP contribution is -1.94. The number of fused-ring (bicyclic) bond motifs is 1. The van der Waals surface area contributed by atoms with E-state index in [0.29, 0.717) is 12.0 Å². The van der Waals surface area contributed by atoms with Gasteiger partial charge in [-0.3, -0.25) is 9.48 Å². The Labute approximate surface area is 111 Å². The molecule has 0 aliphatic rings. The zero-order valence-corrected chi connectivity index (χ0v) is 11.0. The highest BCUT2D eigenvalue weighted by Crippen LogP contribution is 2.22. The molecule has 3 aromatic rings. The first kappa shape index (κ1) is 11.7. The molecule has 0 bridgehead atoms. The lowest BCUT2D eigenvalue weighted by atomic mass is 10.0. The van der Waals surface area contributed by atoms with Crippen LogP contribution in [0.3, 0.4) is 0 Å². The number of H-pyrrole nitrogens is 1. The predicted octanol–water partition coefficient (Wildman–Crippen LogP) is 2.61. The second-order valence-corrected chi connectivity index (χ2v) is 4.86. The van der Waals surface area contributed by atoms with Crippen LogP contribution in [0.2, 0.25) is 0 Å². The van der Waals surface area contributed by atoms with Gasteiger partial charge in [-0.1, -0.05) is 11.6 Å². The molecule has 0 amide bonds. The first-order valence-corrected chi connectivity index (χ1v) is 6.21. The van der Waals surface area contributed by atoms with Gasteiger partial charge in [-0.05, 0) is 24.6 Å². The molecule has 2 heterocycles. The molecule has 96 valence electrons. The summed E-state index contributed by atoms with van der Waals surface area (Å²) < 4.78 is 1.68. The lowest BCUT2D eigenvalue weighted by molar-refractivity contribution is 0.112. The summed E-state index contributed by atoms with van der Waals surface area (Å²) in [5.41, 5.74) is 4.99. The third-order valence-electron chi connectivity index (χ3n) is 3.35. The number of carbonyl (C=O) groups is 1. The van der Waals surface area contributed by atoms with Crippen LogP contribution in [-0.2, 0) is 13.5 Å². The van der Waals surface area contributed by atoms with Crippen molar-refractivity contribution in [1.82, 2.24) is 14.8 Å². The minimum atomic E-state index is 0.657. The Morgan fingerprint density at radius 1 is 1.42 bits per heavy atom. The fraction of sp³-hybridized carbons (Fsp3) is 0.200. The zero-order valence-electron chi connectivity index (χ0n) is 11.0. The van der Waals surface area contributed by atoms with E-state index < -0.39 is 0 Å². The Hall–Kier alpha value is -2.36. The van der Waals surface area contributed by atoms with Crippen molar-refractivity contribution in [3.63, 3.8) is 0 Å². The fourth-order valence-electron chi connectivity index (χ4n) is 2.41. The van der Waals surface area contributed by atoms with E-state index >= 15 is 0 Å². The molecular weight excluding hydrogens is 238 g/mol. The van der Waals surface area contributed by atoms with Crippen LogP contribution in [0.1, 0.15) is 27.2 Å². The summed E-state index contributed by atoms with van der Waals surface area (Å²) in [6.07, 6.45) is 5.27. The van der Waals surface area contributed by atoms with Crippen molar-refractivity contribution >= 4 is 17.2 Å². The van der Waals surface area contributed by atoms with Gasteiger partial charge in [-0.15, -0.1) is 0 Å². The molecule has 0 unspecified atom stereocenters. The van der Waals surface area contributed by atoms with Crippen LogP contribution in [0.4, 0.5) is 0 Å². The number of hydrogen-bond acceptors (Lipinski definition) is 2. The van der Waals surface area contributed by atoms with Gasteiger partial charge in [-0.25, -0.2) is 0 Å². The SMILES string of the molecule is Cc1ccc2[nH]cc(Cc3nn(C)cc3C=O)c2c1. The van der Waals surface area contributed by atoms with Crippen molar-refractivity contribution in [3.8, 4) is 0 Å². The largest absolute Gasteiger partial charge is 0.361 e. The van der Waals surface area contributed by atoms with Crippen LogP contribution in [0.5, 0.6) is 0 Å². The van der Waals surface area contributed by atoms with Crippen molar-refractivity contribution in [3.05, 3.63) is 53.0 Å². The molecule has 1 aromatic carbocycles. The molecular formula is C15H15N3O. The molecule has 4 heteroatoms. The lowest BCUT2D eigenvalue weighted by Gasteiger charge is -1.99. The number of hydrogen-bond donors (Lipinski definition) is 1. The van der Waals surface area contributed by atoms with Crippen LogP contribution >= 0.6 is 0 Å². The Morgan fingerprint density at radius 3 is 3.05 bits per heavy atom. The molecule has 0 radical (unpaired) electrons. The van der Waals surface area contributed by atoms with E-state index in [0.717, 1.165) is 17.5 Å². The van der Waals surface area contributed by atoms with Gasteiger partial charge >= 0.3 is 0 Å². The zero-order chi connectivity index (χ0) is 13.4. The summed E-state index contributed by atoms with van der Waals surface area (Å²) >= 11 is 0. The van der Waals surface area contributed by atoms with Crippen LogP contribution in [-0.4, -0.2) is 21.1 Å². The molecule has 2 aromatic heterocycles. The number of nitrogens with one attached hydrogen (secondary N) is 1. The third-order valence-corrected chi connectivity index (χ3v) is 3.35. The summed E-state index contributed by atoms with van der Waals surface area (Å²) in [5.74, 6) is 0. The van der Waals surface area contributed by atoms with E-state index in [1.165, 1.54) is 16.5 Å². The summed E-state index contributed by atoms with van der Waals surface area (Å²) in [5, 5.41) is 5.55. The highest BCUT2D eigenvalue weighted by atomic mass is 16.1. The van der Waals surface area contributed by atoms with Gasteiger partial charge in [0.1, 0.15) is 0 Å². The maximum Gasteiger partial charge on any atom is 0.153 e. The second-order valence-electron chi connectivity index (χ2n) is 4.86. The summed E-state index contributed by atoms with van der Waals surface area (Å²) in [7, 11) is 1.83. The van der Waals surface area contributed by atoms with Crippen molar-refractivity contribution in [1.29, 1.82) is 0 Å². The maximum atomic E-state index is 11.0. The number of benzene rings is 1. The quantitative estimate of drug-likeness (QED) is 0.729. The maximum absolute atomic E-state index is 11.0. The number of rotatable bonds is 3. The molecule has 3 rings (SSSR count). The smallest absolute Gasteiger partial charge is 0.153 e. The standard InChI is InChI=1S/C15H15N3O/c1-10-3-4-14-13(5-10)11(7-16-14)6-15-12(9-19)8-18(2)17-15/h3-5,7-9,16H,6H2,1-2H3. The number of aromatic nitrogens is 3. The molecule has 0 aliphatic heterocycles. The molecule has 0 fully saturated rings. The average Bonchev–Trinajstić information content (AvgIpc) is 2.94. The number of aromatic amines is 1. The van der Waals surface area contributed by atoms with E-state index in [1.54, 1.807) is 10.9 Å². The first-order valence-electron chi connectivity index (χ1n) is 6.21. The topological polar surface area (TPSA) is 50.7 Å². The van der Waals surface area contributed by atoms with Crippen LogP contribution in [0.15, 0.2) is 30.6 Å². The van der Waals surface area contributed by atoms with Crippen LogP contribution in [0, 0.1) is 6.92 Å². The molecule has 0 saturated carbocycles. The molecule has 4 nitrogen and oxygen atoms in total. The van der Waals surface area contributed by atoms with Crippen molar-refractivity contribution in [2.24, 2.45) is 7.05 Å². The van der Waals surface area contributed by atoms with Gasteiger partial charge in [0, 0.05) is 36.8 Å². The Kier molecular flexibility index (Phi) is 2.71. The van der Waals surface area contributed by atoms with E-state index in [2.05, 4.69) is 35.2 Å². The Bertz CT molecular complexity index is 752. The highest BCUT2D eigenvalue weighted by molar-refractivity contribution is 5.84. The normalized spacial score (nSPS) is 11.1. The van der Waals surface area contributed by atoms with E-state index in [4.69, 9.17) is 0 Å². The van der Waals surface area contributed by atoms with Gasteiger partial charge in [-0.2, -0.15) is 5.10 Å². The van der Waals surface area contributed by atoms with Gasteiger partial charge in [0.2, 0.25) is 0 Å². The van der Waals surface area contributed by atoms with Gasteiger partial charge in [0.15, 0.2) is 6.29 Å². The van der Waals surface area contributed by atoms with Gasteiger partial charge in [0.05, 0.1) is 11.3 Å². The van der Waals surface area contributed by atoms with E-state index in [-0.39, 0.29) is 0 Å². The number of aldehydes is 1. The summed E-state index contributed by atoms with van der Waals surface area (Å²) in [6, 6.07) is 6.32. The molecule has 0 aliphatic carbocycles. The molecule has 19 heavy (non-hydrogen) atoms. The third kappa shape index (κ3) is 2.05.